The lowest BCUT2D eigenvalue weighted by molar-refractivity contribution is -0.121. The normalized spacial score (nSPS) is 21.9. The van der Waals surface area contributed by atoms with Crippen molar-refractivity contribution in [2.75, 3.05) is 11.9 Å². The molecular formula is C20H19N3O3. The standard InChI is InChI=1S/C20H19N3O3/c24-18(13-6-2-1-3-7-13)21-14-10-11-23-17(12-14)19(25)22-16-9-5-4-8-15(16)20(23)26/h1-9,14,17H,10-12H2,(H,21,24)(H,22,25). The first-order valence-corrected chi connectivity index (χ1v) is 8.70. The van der Waals surface area contributed by atoms with E-state index in [9.17, 15) is 14.4 Å². The van der Waals surface area contributed by atoms with Gasteiger partial charge in [-0.3, -0.25) is 14.4 Å². The second-order valence-electron chi connectivity index (χ2n) is 6.61. The van der Waals surface area contributed by atoms with Crippen LogP contribution in [0.3, 0.4) is 0 Å². The second kappa shape index (κ2) is 6.63. The molecule has 0 radical (unpaired) electrons. The van der Waals surface area contributed by atoms with Crippen molar-refractivity contribution in [3.8, 4) is 0 Å². The van der Waals surface area contributed by atoms with Crippen LogP contribution in [-0.2, 0) is 4.79 Å². The number of nitrogens with zero attached hydrogens (tertiary/aromatic N) is 1. The zero-order valence-corrected chi connectivity index (χ0v) is 14.1. The average molecular weight is 349 g/mol. The maximum Gasteiger partial charge on any atom is 0.256 e. The van der Waals surface area contributed by atoms with Gasteiger partial charge in [0.05, 0.1) is 11.3 Å². The molecule has 2 heterocycles. The first kappa shape index (κ1) is 16.3. The molecule has 0 aliphatic carbocycles. The summed E-state index contributed by atoms with van der Waals surface area (Å²) in [6, 6.07) is 15.3. The molecule has 1 fully saturated rings. The summed E-state index contributed by atoms with van der Waals surface area (Å²) >= 11 is 0. The third-order valence-electron chi connectivity index (χ3n) is 4.95. The minimum absolute atomic E-state index is 0.142. The lowest BCUT2D eigenvalue weighted by Gasteiger charge is -2.37. The number of para-hydroxylation sites is 1. The van der Waals surface area contributed by atoms with Crippen LogP contribution in [0.1, 0.15) is 33.6 Å². The molecule has 6 heteroatoms. The predicted octanol–water partition coefficient (Wildman–Crippen LogP) is 2.04. The zero-order valence-electron chi connectivity index (χ0n) is 14.1. The molecule has 26 heavy (non-hydrogen) atoms. The Morgan fingerprint density at radius 3 is 2.58 bits per heavy atom. The van der Waals surface area contributed by atoms with Crippen LogP contribution in [0.15, 0.2) is 54.6 Å². The van der Waals surface area contributed by atoms with Crippen molar-refractivity contribution in [2.45, 2.75) is 24.9 Å². The molecule has 2 atom stereocenters. The average Bonchev–Trinajstić information content (AvgIpc) is 2.78. The van der Waals surface area contributed by atoms with Crippen LogP contribution in [0.5, 0.6) is 0 Å². The van der Waals surface area contributed by atoms with E-state index in [0.717, 1.165) is 0 Å². The highest BCUT2D eigenvalue weighted by Crippen LogP contribution is 2.28. The molecule has 132 valence electrons. The number of piperidine rings is 1. The SMILES string of the molecule is O=C(NC1CCN2C(=O)c3ccccc3NC(=O)C2C1)c1ccccc1. The maximum absolute atomic E-state index is 12.8. The summed E-state index contributed by atoms with van der Waals surface area (Å²) in [5, 5.41) is 5.83. The number of hydrogen-bond donors (Lipinski definition) is 2. The molecule has 2 aromatic rings. The van der Waals surface area contributed by atoms with Gasteiger partial charge >= 0.3 is 0 Å². The summed E-state index contributed by atoms with van der Waals surface area (Å²) in [6.45, 7) is 0.436. The third-order valence-corrected chi connectivity index (χ3v) is 4.95. The van der Waals surface area contributed by atoms with Gasteiger partial charge in [-0.05, 0) is 37.1 Å². The fraction of sp³-hybridized carbons (Fsp3) is 0.250. The summed E-state index contributed by atoms with van der Waals surface area (Å²) in [4.78, 5) is 39.4. The number of hydrogen-bond acceptors (Lipinski definition) is 3. The van der Waals surface area contributed by atoms with Crippen LogP contribution in [-0.4, -0.2) is 41.2 Å². The molecule has 0 spiro atoms. The number of carbonyl (C=O) groups excluding carboxylic acids is 3. The second-order valence-corrected chi connectivity index (χ2v) is 6.61. The Labute approximate surface area is 151 Å². The molecule has 1 saturated heterocycles. The molecule has 2 aromatic carbocycles. The molecule has 2 aliphatic heterocycles. The summed E-state index contributed by atoms with van der Waals surface area (Å²) in [6.07, 6.45) is 1.03. The van der Waals surface area contributed by atoms with Gasteiger partial charge < -0.3 is 15.5 Å². The Balaban J connectivity index is 1.51. The summed E-state index contributed by atoms with van der Waals surface area (Å²) in [5.74, 6) is -0.508. The van der Waals surface area contributed by atoms with Gasteiger partial charge in [0.25, 0.3) is 11.8 Å². The number of amides is 3. The van der Waals surface area contributed by atoms with Crippen LogP contribution in [0.25, 0.3) is 0 Å². The van der Waals surface area contributed by atoms with Crippen molar-refractivity contribution in [3.63, 3.8) is 0 Å². The number of rotatable bonds is 2. The summed E-state index contributed by atoms with van der Waals surface area (Å²) in [5.41, 5.74) is 1.64. The largest absolute Gasteiger partial charge is 0.349 e. The van der Waals surface area contributed by atoms with E-state index < -0.39 is 6.04 Å². The van der Waals surface area contributed by atoms with Crippen LogP contribution < -0.4 is 10.6 Å². The maximum atomic E-state index is 12.8. The lowest BCUT2D eigenvalue weighted by Crippen LogP contribution is -2.55. The van der Waals surface area contributed by atoms with E-state index in [1.807, 2.05) is 18.2 Å². The number of nitrogens with one attached hydrogen (secondary N) is 2. The van der Waals surface area contributed by atoms with E-state index in [2.05, 4.69) is 10.6 Å². The highest BCUT2D eigenvalue weighted by atomic mass is 16.2. The molecule has 3 amide bonds. The quantitative estimate of drug-likeness (QED) is 0.871. The van der Waals surface area contributed by atoms with Gasteiger partial charge in [0.2, 0.25) is 5.91 Å². The van der Waals surface area contributed by atoms with E-state index in [-0.39, 0.29) is 23.8 Å². The molecule has 2 aliphatic rings. The molecule has 2 unspecified atom stereocenters. The Morgan fingerprint density at radius 1 is 1.04 bits per heavy atom. The molecule has 2 N–H and O–H groups in total. The van der Waals surface area contributed by atoms with Crippen LogP contribution in [0.4, 0.5) is 5.69 Å². The van der Waals surface area contributed by atoms with Crippen molar-refractivity contribution in [3.05, 3.63) is 65.7 Å². The number of anilines is 1. The van der Waals surface area contributed by atoms with Gasteiger partial charge in [-0.15, -0.1) is 0 Å². The smallest absolute Gasteiger partial charge is 0.256 e. The minimum Gasteiger partial charge on any atom is -0.349 e. The predicted molar refractivity (Wildman–Crippen MR) is 96.8 cm³/mol. The number of fused-ring (bicyclic) bond motifs is 2. The van der Waals surface area contributed by atoms with E-state index in [0.29, 0.717) is 36.2 Å². The van der Waals surface area contributed by atoms with Crippen LogP contribution >= 0.6 is 0 Å². The van der Waals surface area contributed by atoms with Gasteiger partial charge in [0.1, 0.15) is 6.04 Å². The monoisotopic (exact) mass is 349 g/mol. The molecular weight excluding hydrogens is 330 g/mol. The Kier molecular flexibility index (Phi) is 4.16. The number of benzene rings is 2. The first-order chi connectivity index (χ1) is 12.6. The van der Waals surface area contributed by atoms with E-state index in [4.69, 9.17) is 0 Å². The highest BCUT2D eigenvalue weighted by Gasteiger charge is 2.40. The highest BCUT2D eigenvalue weighted by molar-refractivity contribution is 6.10. The minimum atomic E-state index is -0.579. The van der Waals surface area contributed by atoms with Gasteiger partial charge in [0, 0.05) is 18.2 Å². The Bertz CT molecular complexity index is 866. The van der Waals surface area contributed by atoms with Crippen molar-refractivity contribution < 1.29 is 14.4 Å². The van der Waals surface area contributed by atoms with Crippen molar-refractivity contribution in [1.29, 1.82) is 0 Å². The van der Waals surface area contributed by atoms with Crippen molar-refractivity contribution in [1.82, 2.24) is 10.2 Å². The zero-order chi connectivity index (χ0) is 18.1. The van der Waals surface area contributed by atoms with Gasteiger partial charge in [-0.2, -0.15) is 0 Å². The number of carbonyl (C=O) groups is 3. The van der Waals surface area contributed by atoms with Crippen LogP contribution in [0.2, 0.25) is 0 Å². The van der Waals surface area contributed by atoms with E-state index in [1.165, 1.54) is 0 Å². The van der Waals surface area contributed by atoms with Crippen molar-refractivity contribution >= 4 is 23.4 Å². The fourth-order valence-corrected chi connectivity index (χ4v) is 3.60. The van der Waals surface area contributed by atoms with E-state index in [1.54, 1.807) is 41.3 Å². The van der Waals surface area contributed by atoms with Crippen LogP contribution in [0, 0.1) is 0 Å². The lowest BCUT2D eigenvalue weighted by atomic mass is 9.95. The molecule has 0 bridgehead atoms. The first-order valence-electron chi connectivity index (χ1n) is 8.70. The molecule has 0 saturated carbocycles. The molecule has 4 rings (SSSR count). The summed E-state index contributed by atoms with van der Waals surface area (Å²) in [7, 11) is 0. The third kappa shape index (κ3) is 2.94. The Hall–Kier alpha value is -3.15. The Morgan fingerprint density at radius 2 is 1.77 bits per heavy atom. The molecule has 0 aromatic heterocycles. The fourth-order valence-electron chi connectivity index (χ4n) is 3.60. The van der Waals surface area contributed by atoms with Gasteiger partial charge in [0.15, 0.2) is 0 Å². The molecule has 6 nitrogen and oxygen atoms in total. The van der Waals surface area contributed by atoms with Gasteiger partial charge in [-0.25, -0.2) is 0 Å². The van der Waals surface area contributed by atoms with Gasteiger partial charge in [-0.1, -0.05) is 30.3 Å². The topological polar surface area (TPSA) is 78.5 Å². The van der Waals surface area contributed by atoms with E-state index >= 15 is 0 Å². The summed E-state index contributed by atoms with van der Waals surface area (Å²) < 4.78 is 0. The van der Waals surface area contributed by atoms with Crippen molar-refractivity contribution in [2.24, 2.45) is 0 Å².